The molecule has 0 aliphatic carbocycles. The Morgan fingerprint density at radius 2 is 1.71 bits per heavy atom. The average Bonchev–Trinajstić information content (AvgIpc) is 2.53. The molecule has 0 saturated heterocycles. The van der Waals surface area contributed by atoms with Crippen molar-refractivity contribution in [1.82, 2.24) is 0 Å². The maximum Gasteiger partial charge on any atom is 0.146 e. The van der Waals surface area contributed by atoms with Crippen LogP contribution in [0.4, 0.5) is 10.1 Å². The molecule has 0 spiro atoms. The number of rotatable bonds is 7. The fraction of sp³-hybridized carbons (Fsp3) is 0.333. The lowest BCUT2D eigenvalue weighted by Gasteiger charge is -2.24. The van der Waals surface area contributed by atoms with E-state index in [4.69, 9.17) is 5.73 Å². The van der Waals surface area contributed by atoms with Gasteiger partial charge in [0.2, 0.25) is 0 Å². The third kappa shape index (κ3) is 4.30. The predicted octanol–water partition coefficient (Wildman–Crippen LogP) is 4.13. The first-order valence-corrected chi connectivity index (χ1v) is 7.52. The Bertz CT molecular complexity index is 542. The summed E-state index contributed by atoms with van der Waals surface area (Å²) in [7, 11) is 0. The number of hydrogen-bond acceptors (Lipinski definition) is 2. The number of nitrogens with two attached hydrogens (primary N) is 1. The van der Waals surface area contributed by atoms with Gasteiger partial charge in [0.1, 0.15) is 5.82 Å². The van der Waals surface area contributed by atoms with Gasteiger partial charge in [0.05, 0.1) is 5.69 Å². The zero-order valence-corrected chi connectivity index (χ0v) is 12.5. The Hall–Kier alpha value is -1.87. The lowest BCUT2D eigenvalue weighted by molar-refractivity contribution is 0.586. The van der Waals surface area contributed by atoms with Crippen LogP contribution in [-0.4, -0.2) is 13.1 Å². The van der Waals surface area contributed by atoms with E-state index in [0.717, 1.165) is 31.5 Å². The molecule has 0 aromatic heterocycles. The SMILES string of the molecule is CCN(CCCC(N)c1ccccc1)c1ccccc1F. The molecule has 1 atom stereocenters. The van der Waals surface area contributed by atoms with Crippen molar-refractivity contribution in [2.75, 3.05) is 18.0 Å². The predicted molar refractivity (Wildman–Crippen MR) is 86.9 cm³/mol. The molecule has 0 fully saturated rings. The van der Waals surface area contributed by atoms with E-state index in [-0.39, 0.29) is 11.9 Å². The Morgan fingerprint density at radius 1 is 1.05 bits per heavy atom. The summed E-state index contributed by atoms with van der Waals surface area (Å²) in [5.41, 5.74) is 8.03. The first-order chi connectivity index (χ1) is 10.2. The third-order valence-corrected chi connectivity index (χ3v) is 3.75. The maximum atomic E-state index is 13.8. The van der Waals surface area contributed by atoms with E-state index < -0.39 is 0 Å². The molecular weight excluding hydrogens is 263 g/mol. The molecule has 0 radical (unpaired) electrons. The van der Waals surface area contributed by atoms with E-state index in [2.05, 4.69) is 17.0 Å². The van der Waals surface area contributed by atoms with Gasteiger partial charge < -0.3 is 10.6 Å². The Kier molecular flexibility index (Phi) is 5.76. The highest BCUT2D eigenvalue weighted by Crippen LogP contribution is 2.20. The van der Waals surface area contributed by atoms with Crippen molar-refractivity contribution in [2.24, 2.45) is 5.73 Å². The normalized spacial score (nSPS) is 12.1. The van der Waals surface area contributed by atoms with Crippen LogP contribution < -0.4 is 10.6 Å². The van der Waals surface area contributed by atoms with Gasteiger partial charge in [0.25, 0.3) is 0 Å². The van der Waals surface area contributed by atoms with E-state index in [1.54, 1.807) is 6.07 Å². The summed E-state index contributed by atoms with van der Waals surface area (Å²) in [5.74, 6) is -0.160. The van der Waals surface area contributed by atoms with Crippen molar-refractivity contribution in [3.05, 3.63) is 66.0 Å². The van der Waals surface area contributed by atoms with Crippen LogP contribution in [0.25, 0.3) is 0 Å². The van der Waals surface area contributed by atoms with Crippen LogP contribution in [0, 0.1) is 5.82 Å². The topological polar surface area (TPSA) is 29.3 Å². The minimum absolute atomic E-state index is 0.0468. The largest absolute Gasteiger partial charge is 0.369 e. The van der Waals surface area contributed by atoms with Gasteiger partial charge in [-0.15, -0.1) is 0 Å². The highest BCUT2D eigenvalue weighted by molar-refractivity contribution is 5.47. The van der Waals surface area contributed by atoms with Gasteiger partial charge in [-0.05, 0) is 37.5 Å². The molecule has 2 N–H and O–H groups in total. The molecule has 21 heavy (non-hydrogen) atoms. The van der Waals surface area contributed by atoms with Gasteiger partial charge in [0.15, 0.2) is 0 Å². The molecule has 2 aromatic rings. The molecule has 2 aromatic carbocycles. The van der Waals surface area contributed by atoms with Crippen molar-refractivity contribution in [2.45, 2.75) is 25.8 Å². The van der Waals surface area contributed by atoms with Gasteiger partial charge in [-0.1, -0.05) is 42.5 Å². The third-order valence-electron chi connectivity index (χ3n) is 3.75. The summed E-state index contributed by atoms with van der Waals surface area (Å²) in [4.78, 5) is 2.06. The van der Waals surface area contributed by atoms with Crippen molar-refractivity contribution in [3.63, 3.8) is 0 Å². The second kappa shape index (κ2) is 7.79. The number of halogens is 1. The highest BCUT2D eigenvalue weighted by atomic mass is 19.1. The molecule has 1 unspecified atom stereocenters. The molecule has 0 bridgehead atoms. The molecule has 2 rings (SSSR count). The highest BCUT2D eigenvalue weighted by Gasteiger charge is 2.10. The van der Waals surface area contributed by atoms with Crippen molar-refractivity contribution in [1.29, 1.82) is 0 Å². The maximum absolute atomic E-state index is 13.8. The van der Waals surface area contributed by atoms with Gasteiger partial charge in [-0.25, -0.2) is 4.39 Å². The van der Waals surface area contributed by atoms with Crippen molar-refractivity contribution in [3.8, 4) is 0 Å². The quantitative estimate of drug-likeness (QED) is 0.829. The molecule has 0 amide bonds. The monoisotopic (exact) mass is 286 g/mol. The fourth-order valence-electron chi connectivity index (χ4n) is 2.53. The zero-order chi connectivity index (χ0) is 15.1. The van der Waals surface area contributed by atoms with Crippen LogP contribution in [0.2, 0.25) is 0 Å². The summed E-state index contributed by atoms with van der Waals surface area (Å²) in [6.07, 6.45) is 1.84. The minimum atomic E-state index is -0.160. The fourth-order valence-corrected chi connectivity index (χ4v) is 2.53. The molecule has 0 aliphatic rings. The first kappa shape index (κ1) is 15.5. The van der Waals surface area contributed by atoms with E-state index >= 15 is 0 Å². The number of benzene rings is 2. The van der Waals surface area contributed by atoms with Crippen LogP contribution in [0.3, 0.4) is 0 Å². The first-order valence-electron chi connectivity index (χ1n) is 7.52. The lowest BCUT2D eigenvalue weighted by Crippen LogP contribution is -2.25. The lowest BCUT2D eigenvalue weighted by atomic mass is 10.0. The average molecular weight is 286 g/mol. The summed E-state index contributed by atoms with van der Waals surface area (Å²) in [6.45, 7) is 3.66. The Labute approximate surface area is 126 Å². The molecule has 0 saturated carbocycles. The molecule has 2 nitrogen and oxygen atoms in total. The number of para-hydroxylation sites is 1. The Morgan fingerprint density at radius 3 is 2.38 bits per heavy atom. The molecule has 3 heteroatoms. The van der Waals surface area contributed by atoms with Gasteiger partial charge in [0, 0.05) is 19.1 Å². The van der Waals surface area contributed by atoms with Crippen LogP contribution >= 0.6 is 0 Å². The Balaban J connectivity index is 1.88. The minimum Gasteiger partial charge on any atom is -0.369 e. The summed E-state index contributed by atoms with van der Waals surface area (Å²) in [6, 6.07) is 17.1. The smallest absolute Gasteiger partial charge is 0.146 e. The number of anilines is 1. The van der Waals surface area contributed by atoms with Gasteiger partial charge in [-0.3, -0.25) is 0 Å². The molecule has 112 valence electrons. The number of nitrogens with zero attached hydrogens (tertiary/aromatic N) is 1. The van der Waals surface area contributed by atoms with Crippen LogP contribution in [0.15, 0.2) is 54.6 Å². The van der Waals surface area contributed by atoms with Crippen LogP contribution in [-0.2, 0) is 0 Å². The van der Waals surface area contributed by atoms with Crippen molar-refractivity contribution >= 4 is 5.69 Å². The summed E-state index contributed by atoms with van der Waals surface area (Å²) < 4.78 is 13.8. The van der Waals surface area contributed by atoms with Gasteiger partial charge >= 0.3 is 0 Å². The molecule has 0 heterocycles. The summed E-state index contributed by atoms with van der Waals surface area (Å²) in [5, 5.41) is 0. The number of hydrogen-bond donors (Lipinski definition) is 1. The molecule has 0 aliphatic heterocycles. The van der Waals surface area contributed by atoms with E-state index in [9.17, 15) is 4.39 Å². The van der Waals surface area contributed by atoms with E-state index in [1.165, 1.54) is 6.07 Å². The zero-order valence-electron chi connectivity index (χ0n) is 12.5. The van der Waals surface area contributed by atoms with Crippen LogP contribution in [0.5, 0.6) is 0 Å². The standard InChI is InChI=1S/C18H23FN2/c1-2-21(18-13-7-6-11-16(18)19)14-8-12-17(20)15-9-4-3-5-10-15/h3-7,9-11,13,17H,2,8,12,14,20H2,1H3. The van der Waals surface area contributed by atoms with Gasteiger partial charge in [-0.2, -0.15) is 0 Å². The second-order valence-electron chi connectivity index (χ2n) is 5.19. The van der Waals surface area contributed by atoms with Crippen LogP contribution in [0.1, 0.15) is 31.4 Å². The van der Waals surface area contributed by atoms with E-state index in [1.807, 2.05) is 37.3 Å². The van der Waals surface area contributed by atoms with E-state index in [0.29, 0.717) is 5.69 Å². The second-order valence-corrected chi connectivity index (χ2v) is 5.19. The van der Waals surface area contributed by atoms with Crippen molar-refractivity contribution < 1.29 is 4.39 Å². The summed E-state index contributed by atoms with van der Waals surface area (Å²) >= 11 is 0. The molecular formula is C18H23FN2.